The summed E-state index contributed by atoms with van der Waals surface area (Å²) in [5.74, 6) is -6.98. The smallest absolute Gasteiger partial charge is 0.198 e. The molecular formula is C57H66N2O24. The van der Waals surface area contributed by atoms with Gasteiger partial charge in [0, 0.05) is 95.1 Å². The van der Waals surface area contributed by atoms with Gasteiger partial charge in [0.05, 0.1) is 59.5 Å². The van der Waals surface area contributed by atoms with Crippen molar-refractivity contribution in [2.24, 2.45) is 5.73 Å². The number of nitrogens with one attached hydrogen (secondary N) is 1. The average molecular weight is 1160 g/mol. The molecule has 0 spiro atoms. The van der Waals surface area contributed by atoms with Crippen molar-refractivity contribution in [3.63, 3.8) is 0 Å². The van der Waals surface area contributed by atoms with Crippen LogP contribution in [0, 0.1) is 13.8 Å². The van der Waals surface area contributed by atoms with Crippen molar-refractivity contribution in [3.05, 3.63) is 114 Å². The molecule has 448 valence electrons. The van der Waals surface area contributed by atoms with Gasteiger partial charge in [-0.25, -0.2) is 0 Å². The van der Waals surface area contributed by atoms with Crippen LogP contribution in [0.25, 0.3) is 0 Å². The molecule has 4 aliphatic carbocycles. The Morgan fingerprint density at radius 2 is 1.04 bits per heavy atom. The minimum absolute atomic E-state index is 0. The second-order valence-electron chi connectivity index (χ2n) is 21.0. The highest BCUT2D eigenvalue weighted by Gasteiger charge is 2.53. The summed E-state index contributed by atoms with van der Waals surface area (Å²) in [6, 6.07) is 8.64. The lowest BCUT2D eigenvalue weighted by Gasteiger charge is -2.42. The molecule has 16 N–H and O–H groups in total. The molecular weight excluding hydrogens is 1100 g/mol. The number of fused-ring (bicyclic) bond motifs is 7. The number of aliphatic hydroxyl groups excluding tert-OH is 3. The maximum atomic E-state index is 13.6. The lowest BCUT2D eigenvalue weighted by molar-refractivity contribution is -0.247. The number of benzene rings is 4. The molecule has 3 saturated heterocycles. The number of aliphatic hydroxyl groups is 5. The van der Waals surface area contributed by atoms with Gasteiger partial charge in [-0.05, 0) is 38.8 Å². The number of hydrogen-bond donors (Lipinski definition) is 11. The topological polar surface area (TPSA) is 466 Å². The van der Waals surface area contributed by atoms with E-state index < -0.39 is 161 Å². The summed E-state index contributed by atoms with van der Waals surface area (Å²) in [6.45, 7) is 9.11. The number of ether oxygens (including phenoxy) is 5. The predicted octanol–water partition coefficient (Wildman–Crippen LogP) is -0.791. The largest absolute Gasteiger partial charge is 0.507 e. The molecule has 4 aromatic carbocycles. The van der Waals surface area contributed by atoms with Crippen molar-refractivity contribution in [1.29, 1.82) is 0 Å². The second-order valence-corrected chi connectivity index (χ2v) is 21.0. The number of aryl methyl sites for hydroxylation is 2. The zero-order chi connectivity index (χ0) is 59.5. The maximum Gasteiger partial charge on any atom is 0.198 e. The Bertz CT molecular complexity index is 3240. The zero-order valence-corrected chi connectivity index (χ0v) is 45.4. The molecule has 3 aliphatic heterocycles. The number of carbonyl (C=O) groups excluding carboxylic acids is 8. The summed E-state index contributed by atoms with van der Waals surface area (Å²) in [4.78, 5) is 95.4. The summed E-state index contributed by atoms with van der Waals surface area (Å²) < 4.78 is 29.6. The van der Waals surface area contributed by atoms with Gasteiger partial charge in [0.1, 0.15) is 67.1 Å². The second kappa shape index (κ2) is 25.0. The van der Waals surface area contributed by atoms with E-state index in [1.807, 2.05) is 20.5 Å². The molecule has 3 fully saturated rings. The van der Waals surface area contributed by atoms with Gasteiger partial charge in [0.2, 0.25) is 0 Å². The number of carbonyl (C=O) groups is 8. The first-order valence-electron chi connectivity index (χ1n) is 25.8. The first-order valence-corrected chi connectivity index (χ1v) is 25.8. The Hall–Kier alpha value is -7.12. The molecule has 26 heteroatoms. The highest BCUT2D eigenvalue weighted by Crippen LogP contribution is 2.54. The molecule has 3 heterocycles. The number of aromatic hydroxyl groups is 4. The number of rotatable bonds is 8. The molecule has 0 amide bonds. The van der Waals surface area contributed by atoms with Gasteiger partial charge in [-0.2, -0.15) is 0 Å². The molecule has 0 bridgehead atoms. The van der Waals surface area contributed by atoms with Gasteiger partial charge in [0.15, 0.2) is 47.3 Å². The molecule has 0 radical (unpaired) electrons. The van der Waals surface area contributed by atoms with Crippen LogP contribution in [0.5, 0.6) is 23.0 Å². The van der Waals surface area contributed by atoms with E-state index in [0.29, 0.717) is 24.3 Å². The van der Waals surface area contributed by atoms with Crippen molar-refractivity contribution in [3.8, 4) is 23.0 Å². The van der Waals surface area contributed by atoms with Crippen LogP contribution in [-0.4, -0.2) is 185 Å². The lowest BCUT2D eigenvalue weighted by atomic mass is 9.71. The Kier molecular flexibility index (Phi) is 19.6. The molecule has 12 atom stereocenters. The van der Waals surface area contributed by atoms with Crippen molar-refractivity contribution >= 4 is 48.3 Å². The monoisotopic (exact) mass is 1160 g/mol. The standard InChI is InChI=1S/C28H29NO10.C27H29NO10.2CH2O.2H2O/c1-11-4-3-5-13-19(11)25(34)22-21(23(13)32)24(33)14-7-28(36,17(31)9-30)8-16(20(14)26(22)35)39-18-6-15-27(12(2)38-18)37-10-29-15;1-10-4-3-5-12-18(10)25(34)21-20(23(12)32)24(33)13-7-27(36,16(30)9-29)8-15(19(13)26(21)35)38-17-6-14(28)22(31)11(2)37-17;2*1-2;;/h3-5,12,15-16,18,27,29-30,33,35-36H,6-10H2,1-2H3;3-5,11,14-15,17,22,29,31,33,35-36H,6-9,28H2,1-2H3;2*1H2;2*1H2/t12-,15-,16-,18-,27+,28-;11-,14-,15-,17-,22+,27-;;;;/m00..../s1. The first-order chi connectivity index (χ1) is 38.4. The number of nitrogens with two attached hydrogens (primary N) is 1. The normalized spacial score (nSPS) is 28.7. The van der Waals surface area contributed by atoms with E-state index >= 15 is 0 Å². The summed E-state index contributed by atoms with van der Waals surface area (Å²) in [6.07, 6.45) is -8.12. The van der Waals surface area contributed by atoms with Gasteiger partial charge < -0.3 is 95.9 Å². The van der Waals surface area contributed by atoms with Gasteiger partial charge in [-0.3, -0.25) is 34.1 Å². The third-order valence-electron chi connectivity index (χ3n) is 16.2. The highest BCUT2D eigenvalue weighted by atomic mass is 16.7. The van der Waals surface area contributed by atoms with Crippen LogP contribution in [0.2, 0.25) is 0 Å². The third kappa shape index (κ3) is 10.9. The maximum absolute atomic E-state index is 13.6. The first kappa shape index (κ1) is 65.0. The number of hydrogen-bond acceptors (Lipinski definition) is 24. The third-order valence-corrected chi connectivity index (χ3v) is 16.2. The molecule has 7 aliphatic rings. The van der Waals surface area contributed by atoms with E-state index in [2.05, 4.69) is 5.32 Å². The summed E-state index contributed by atoms with van der Waals surface area (Å²) in [7, 11) is 0. The fraction of sp³-hybridized carbons (Fsp3) is 0.439. The van der Waals surface area contributed by atoms with Crippen LogP contribution in [0.4, 0.5) is 0 Å². The molecule has 4 aromatic rings. The van der Waals surface area contributed by atoms with Gasteiger partial charge >= 0.3 is 0 Å². The Morgan fingerprint density at radius 3 is 1.45 bits per heavy atom. The van der Waals surface area contributed by atoms with Crippen LogP contribution in [0.1, 0.15) is 149 Å². The van der Waals surface area contributed by atoms with E-state index in [0.717, 1.165) is 0 Å². The van der Waals surface area contributed by atoms with Gasteiger partial charge in [0.25, 0.3) is 0 Å². The van der Waals surface area contributed by atoms with E-state index in [-0.39, 0.29) is 92.1 Å². The van der Waals surface area contributed by atoms with Crippen LogP contribution < -0.4 is 11.1 Å². The number of phenols is 4. The van der Waals surface area contributed by atoms with E-state index in [9.17, 15) is 74.7 Å². The zero-order valence-electron chi connectivity index (χ0n) is 45.4. The minimum atomic E-state index is -2.22. The van der Waals surface area contributed by atoms with E-state index in [4.69, 9.17) is 39.0 Å². The molecule has 0 aromatic heterocycles. The molecule has 11 rings (SSSR count). The van der Waals surface area contributed by atoms with Crippen LogP contribution in [0.15, 0.2) is 36.4 Å². The van der Waals surface area contributed by atoms with Crippen molar-refractivity contribution in [2.75, 3.05) is 19.9 Å². The summed E-state index contributed by atoms with van der Waals surface area (Å²) in [5, 5.41) is 101. The van der Waals surface area contributed by atoms with Crippen LogP contribution >= 0.6 is 0 Å². The molecule has 26 nitrogen and oxygen atoms in total. The Balaban J connectivity index is 0.000000246. The fourth-order valence-electron chi connectivity index (χ4n) is 12.2. The predicted molar refractivity (Wildman–Crippen MR) is 284 cm³/mol. The molecule has 83 heavy (non-hydrogen) atoms. The molecule has 0 saturated carbocycles. The number of phenolic OH excluding ortho intramolecular Hbond substituents is 4. The average Bonchev–Trinajstić information content (AvgIpc) is 1.23. The van der Waals surface area contributed by atoms with Crippen molar-refractivity contribution < 1.29 is 119 Å². The van der Waals surface area contributed by atoms with E-state index in [1.165, 1.54) is 12.1 Å². The number of Topliss-reactive ketones (excluding diaryl/α,β-unsaturated/α-hetero) is 2. The highest BCUT2D eigenvalue weighted by molar-refractivity contribution is 6.32. The van der Waals surface area contributed by atoms with Crippen molar-refractivity contribution in [1.82, 2.24) is 5.32 Å². The lowest BCUT2D eigenvalue weighted by Crippen LogP contribution is -2.53. The van der Waals surface area contributed by atoms with Crippen molar-refractivity contribution in [2.45, 2.75) is 139 Å². The Labute approximate surface area is 472 Å². The quantitative estimate of drug-likeness (QED) is 0.0832. The minimum Gasteiger partial charge on any atom is -0.507 e. The Morgan fingerprint density at radius 1 is 0.639 bits per heavy atom. The van der Waals surface area contributed by atoms with Gasteiger partial charge in [-0.15, -0.1) is 0 Å². The number of ketones is 6. The van der Waals surface area contributed by atoms with Crippen LogP contribution in [-0.2, 0) is 55.7 Å². The fourth-order valence-corrected chi connectivity index (χ4v) is 12.2. The molecule has 0 unspecified atom stereocenters. The summed E-state index contributed by atoms with van der Waals surface area (Å²) >= 11 is 0. The van der Waals surface area contributed by atoms with Crippen LogP contribution in [0.3, 0.4) is 0 Å². The SMILES string of the molecule is C=O.C=O.Cc1cccc2c1C(=O)c1c(O)c3c(c(O)c1C2=O)C[C@@](O)(C(=O)CO)C[C@@H]3O[C@H]1C[C@@H]2NCO[C@@H]2[C@H](C)O1.Cc1cccc2c1C(=O)c1c(O)c3c(c(O)c1C2=O)C[C@@](O)(C(=O)CO)C[C@@H]3O[C@H]1C[C@H](N)[C@H](O)[C@H](C)O1.O.O. The van der Waals surface area contributed by atoms with E-state index in [1.54, 1.807) is 45.0 Å². The van der Waals surface area contributed by atoms with Gasteiger partial charge in [-0.1, -0.05) is 36.4 Å². The summed E-state index contributed by atoms with van der Waals surface area (Å²) in [5.41, 5.74) is 1.10.